The van der Waals surface area contributed by atoms with Crippen LogP contribution in [0.5, 0.6) is 0 Å². The van der Waals surface area contributed by atoms with Gasteiger partial charge >= 0.3 is 0 Å². The molecule has 1 aliphatic rings. The molecule has 2 aromatic carbocycles. The monoisotopic (exact) mass is 481 g/mol. The molecular weight excluding hydrogens is 461 g/mol. The third-order valence-corrected chi connectivity index (χ3v) is 8.31. The van der Waals surface area contributed by atoms with Gasteiger partial charge in [0.2, 0.25) is 15.9 Å². The second-order valence-electron chi connectivity index (χ2n) is 7.30. The Morgan fingerprint density at radius 1 is 1.13 bits per heavy atom. The predicted molar refractivity (Wildman–Crippen MR) is 118 cm³/mol. The number of benzene rings is 2. The molecule has 10 heteroatoms. The molecule has 0 radical (unpaired) electrons. The summed E-state index contributed by atoms with van der Waals surface area (Å²) >= 11 is 7.18. The van der Waals surface area contributed by atoms with E-state index in [-0.39, 0.29) is 21.1 Å². The van der Waals surface area contributed by atoms with Crippen molar-refractivity contribution in [3.63, 3.8) is 0 Å². The number of hydrogen-bond donors (Lipinski definition) is 0. The van der Waals surface area contributed by atoms with Gasteiger partial charge in [0, 0.05) is 23.9 Å². The molecule has 0 spiro atoms. The van der Waals surface area contributed by atoms with E-state index in [4.69, 9.17) is 16.0 Å². The van der Waals surface area contributed by atoms with Gasteiger partial charge < -0.3 is 4.42 Å². The van der Waals surface area contributed by atoms with Crippen molar-refractivity contribution >= 4 is 33.4 Å². The van der Waals surface area contributed by atoms with Gasteiger partial charge in [-0.05, 0) is 55.7 Å². The highest BCUT2D eigenvalue weighted by atomic mass is 35.5. The van der Waals surface area contributed by atoms with Crippen molar-refractivity contribution < 1.29 is 17.2 Å². The topological polar surface area (TPSA) is 76.3 Å². The van der Waals surface area contributed by atoms with E-state index in [9.17, 15) is 12.8 Å². The summed E-state index contributed by atoms with van der Waals surface area (Å²) in [6, 6.07) is 11.1. The first-order valence-corrected chi connectivity index (χ1v) is 12.6. The molecule has 1 aliphatic heterocycles. The van der Waals surface area contributed by atoms with E-state index in [1.165, 1.54) is 22.1 Å². The minimum atomic E-state index is -3.55. The minimum Gasteiger partial charge on any atom is -0.411 e. The Bertz CT molecular complexity index is 1180. The van der Waals surface area contributed by atoms with E-state index in [2.05, 4.69) is 10.2 Å². The maximum Gasteiger partial charge on any atom is 0.277 e. The largest absolute Gasteiger partial charge is 0.411 e. The number of thioether (sulfide) groups is 1. The van der Waals surface area contributed by atoms with Crippen LogP contribution in [-0.2, 0) is 10.0 Å². The van der Waals surface area contributed by atoms with Crippen molar-refractivity contribution in [2.45, 2.75) is 41.6 Å². The van der Waals surface area contributed by atoms with E-state index >= 15 is 0 Å². The Morgan fingerprint density at radius 3 is 2.65 bits per heavy atom. The summed E-state index contributed by atoms with van der Waals surface area (Å²) in [6.07, 6.45) is 2.80. The molecule has 164 valence electrons. The van der Waals surface area contributed by atoms with Gasteiger partial charge in [0.1, 0.15) is 5.82 Å². The number of aromatic nitrogens is 2. The van der Waals surface area contributed by atoms with E-state index < -0.39 is 15.8 Å². The van der Waals surface area contributed by atoms with Crippen molar-refractivity contribution in [3.8, 4) is 11.5 Å². The van der Waals surface area contributed by atoms with E-state index in [0.717, 1.165) is 24.8 Å². The summed E-state index contributed by atoms with van der Waals surface area (Å²) in [5.41, 5.74) is 1.36. The first-order chi connectivity index (χ1) is 14.8. The predicted octanol–water partition coefficient (Wildman–Crippen LogP) is 5.56. The second kappa shape index (κ2) is 9.28. The van der Waals surface area contributed by atoms with Crippen LogP contribution in [-0.4, -0.2) is 36.0 Å². The van der Waals surface area contributed by atoms with E-state index in [1.807, 2.05) is 6.92 Å². The summed E-state index contributed by atoms with van der Waals surface area (Å²) < 4.78 is 46.6. The Morgan fingerprint density at radius 2 is 1.90 bits per heavy atom. The molecule has 4 rings (SSSR count). The summed E-state index contributed by atoms with van der Waals surface area (Å²) in [4.78, 5) is 0.216. The Labute approximate surface area is 189 Å². The normalized spacial score (nSPS) is 16.4. The zero-order valence-corrected chi connectivity index (χ0v) is 19.2. The molecule has 0 bridgehead atoms. The van der Waals surface area contributed by atoms with Gasteiger partial charge in [-0.3, -0.25) is 0 Å². The Kier molecular flexibility index (Phi) is 6.66. The fourth-order valence-electron chi connectivity index (χ4n) is 3.40. The molecule has 0 saturated carbocycles. The van der Waals surface area contributed by atoms with Gasteiger partial charge in [0.15, 0.2) is 0 Å². The highest BCUT2D eigenvalue weighted by molar-refractivity contribution is 7.99. The summed E-state index contributed by atoms with van der Waals surface area (Å²) in [5, 5.41) is 8.41. The first kappa shape index (κ1) is 22.3. The van der Waals surface area contributed by atoms with Gasteiger partial charge in [-0.15, -0.1) is 10.2 Å². The fourth-order valence-corrected chi connectivity index (χ4v) is 5.96. The molecule has 1 aromatic heterocycles. The van der Waals surface area contributed by atoms with Gasteiger partial charge in [0.25, 0.3) is 5.22 Å². The minimum absolute atomic E-state index is 0.0582. The van der Waals surface area contributed by atoms with Crippen molar-refractivity contribution in [1.82, 2.24) is 14.5 Å². The van der Waals surface area contributed by atoms with Crippen molar-refractivity contribution in [2.75, 3.05) is 13.1 Å². The third-order valence-electron chi connectivity index (χ3n) is 5.13. The average Bonchev–Trinajstić information content (AvgIpc) is 3.25. The average molecular weight is 482 g/mol. The number of sulfonamides is 1. The lowest BCUT2D eigenvalue weighted by atomic mass is 10.2. The lowest BCUT2D eigenvalue weighted by Gasteiger charge is -2.25. The smallest absolute Gasteiger partial charge is 0.277 e. The molecular formula is C21H21ClFN3O3S2. The highest BCUT2D eigenvalue weighted by Gasteiger charge is 2.26. The van der Waals surface area contributed by atoms with Crippen LogP contribution in [0.1, 0.15) is 37.0 Å². The summed E-state index contributed by atoms with van der Waals surface area (Å²) in [7, 11) is -3.55. The summed E-state index contributed by atoms with van der Waals surface area (Å²) in [5.74, 6) is -0.232. The molecule has 1 saturated heterocycles. The standard InChI is InChI=1S/C21H21ClFN3O3S2/c1-14(15-8-9-19(23)18(22)13-15)30-21-25-24-20(29-21)16-6-5-7-17(12-16)31(27,28)26-10-3-2-4-11-26/h5-9,12-14H,2-4,10-11H2,1H3. The maximum atomic E-state index is 13.4. The van der Waals surface area contributed by atoms with Crippen molar-refractivity contribution in [1.29, 1.82) is 0 Å². The zero-order chi connectivity index (χ0) is 22.0. The van der Waals surface area contributed by atoms with Crippen LogP contribution in [0.25, 0.3) is 11.5 Å². The van der Waals surface area contributed by atoms with Crippen LogP contribution < -0.4 is 0 Å². The van der Waals surface area contributed by atoms with Crippen LogP contribution >= 0.6 is 23.4 Å². The maximum absolute atomic E-state index is 13.4. The van der Waals surface area contributed by atoms with Crippen LogP contribution in [0, 0.1) is 5.82 Å². The molecule has 6 nitrogen and oxygen atoms in total. The van der Waals surface area contributed by atoms with Crippen LogP contribution in [0.2, 0.25) is 5.02 Å². The second-order valence-corrected chi connectivity index (χ2v) is 10.9. The summed E-state index contributed by atoms with van der Waals surface area (Å²) in [6.45, 7) is 3.00. The molecule has 0 N–H and O–H groups in total. The SMILES string of the molecule is CC(Sc1nnc(-c2cccc(S(=O)(=O)N3CCCCC3)c2)o1)c1ccc(F)c(Cl)c1. The molecule has 0 amide bonds. The number of nitrogens with zero attached hydrogens (tertiary/aromatic N) is 3. The van der Waals surface area contributed by atoms with Crippen LogP contribution in [0.3, 0.4) is 0 Å². The van der Waals surface area contributed by atoms with Crippen LogP contribution in [0.15, 0.2) is 57.0 Å². The molecule has 2 heterocycles. The Hall–Kier alpha value is -1.94. The number of rotatable bonds is 6. The van der Waals surface area contributed by atoms with Gasteiger partial charge in [-0.1, -0.05) is 41.9 Å². The molecule has 1 unspecified atom stereocenters. The number of halogens is 2. The molecule has 1 atom stereocenters. The van der Waals surface area contributed by atoms with Gasteiger partial charge in [-0.25, -0.2) is 12.8 Å². The molecule has 1 fully saturated rings. The zero-order valence-electron chi connectivity index (χ0n) is 16.8. The van der Waals surface area contributed by atoms with E-state index in [1.54, 1.807) is 36.4 Å². The number of hydrogen-bond acceptors (Lipinski definition) is 6. The fraction of sp³-hybridized carbons (Fsp3) is 0.333. The van der Waals surface area contributed by atoms with Gasteiger partial charge in [0.05, 0.1) is 9.92 Å². The highest BCUT2D eigenvalue weighted by Crippen LogP contribution is 2.36. The molecule has 31 heavy (non-hydrogen) atoms. The molecule has 3 aromatic rings. The molecule has 0 aliphatic carbocycles. The number of piperidine rings is 1. The quantitative estimate of drug-likeness (QED) is 0.429. The van der Waals surface area contributed by atoms with Gasteiger partial charge in [-0.2, -0.15) is 4.31 Å². The van der Waals surface area contributed by atoms with Crippen LogP contribution in [0.4, 0.5) is 4.39 Å². The third kappa shape index (κ3) is 4.95. The van der Waals surface area contributed by atoms with E-state index in [0.29, 0.717) is 23.9 Å². The van der Waals surface area contributed by atoms with Crippen molar-refractivity contribution in [2.24, 2.45) is 0 Å². The first-order valence-electron chi connectivity index (χ1n) is 9.90. The lowest BCUT2D eigenvalue weighted by Crippen LogP contribution is -2.35. The Balaban J connectivity index is 1.52. The van der Waals surface area contributed by atoms with Crippen molar-refractivity contribution in [3.05, 3.63) is 58.9 Å². The lowest BCUT2D eigenvalue weighted by molar-refractivity contribution is 0.346.